The number of carboxylic acids is 1. The van der Waals surface area contributed by atoms with Crippen LogP contribution in [0.5, 0.6) is 0 Å². The molecule has 0 aromatic heterocycles. The quantitative estimate of drug-likeness (QED) is 0.544. The first kappa shape index (κ1) is 15.5. The fraction of sp³-hybridized carbons (Fsp3) is 0.471. The van der Waals surface area contributed by atoms with Crippen LogP contribution in [-0.2, 0) is 11.2 Å². The molecule has 1 rings (SSSR count). The molecule has 0 amide bonds. The van der Waals surface area contributed by atoms with Crippen molar-refractivity contribution in [2.24, 2.45) is 0 Å². The van der Waals surface area contributed by atoms with Gasteiger partial charge >= 0.3 is 5.97 Å². The highest BCUT2D eigenvalue weighted by atomic mass is 16.4. The molecule has 0 unspecified atom stereocenters. The van der Waals surface area contributed by atoms with Gasteiger partial charge < -0.3 is 5.11 Å². The maximum Gasteiger partial charge on any atom is 0.328 e. The second-order valence-corrected chi connectivity index (χ2v) is 5.03. The van der Waals surface area contributed by atoms with Crippen LogP contribution in [0.15, 0.2) is 30.3 Å². The Hall–Kier alpha value is -1.57. The monoisotopic (exact) mass is 260 g/mol. The van der Waals surface area contributed by atoms with Gasteiger partial charge in [-0.3, -0.25) is 0 Å². The number of hydrogen-bond donors (Lipinski definition) is 1. The Labute approximate surface area is 116 Å². The average molecular weight is 260 g/mol. The molecule has 0 aliphatic rings. The minimum atomic E-state index is -0.891. The highest BCUT2D eigenvalue weighted by Crippen LogP contribution is 2.16. The summed E-state index contributed by atoms with van der Waals surface area (Å²) in [6.45, 7) is 4.06. The van der Waals surface area contributed by atoms with Crippen molar-refractivity contribution >= 4 is 11.5 Å². The Morgan fingerprint density at radius 2 is 1.74 bits per heavy atom. The lowest BCUT2D eigenvalue weighted by Gasteiger charge is -2.04. The van der Waals surface area contributed by atoms with E-state index in [1.54, 1.807) is 0 Å². The molecule has 0 heterocycles. The third-order valence-electron chi connectivity index (χ3n) is 3.32. The molecule has 1 aromatic carbocycles. The van der Waals surface area contributed by atoms with Crippen LogP contribution in [0.1, 0.15) is 57.1 Å². The zero-order valence-corrected chi connectivity index (χ0v) is 12.0. The Morgan fingerprint density at radius 3 is 2.32 bits per heavy atom. The molecular formula is C17H24O2. The molecule has 0 atom stereocenters. The maximum absolute atomic E-state index is 10.6. The number of aliphatic carboxylic acids is 1. The van der Waals surface area contributed by atoms with Gasteiger partial charge in [-0.1, -0.05) is 56.9 Å². The van der Waals surface area contributed by atoms with Crippen LogP contribution in [0, 0.1) is 0 Å². The van der Waals surface area contributed by atoms with Crippen molar-refractivity contribution < 1.29 is 9.90 Å². The minimum absolute atomic E-state index is 0.794. The first-order valence-electron chi connectivity index (χ1n) is 7.14. The van der Waals surface area contributed by atoms with Crippen molar-refractivity contribution in [3.63, 3.8) is 0 Å². The summed E-state index contributed by atoms with van der Waals surface area (Å²) in [5.74, 6) is -0.891. The van der Waals surface area contributed by atoms with Gasteiger partial charge in [0.1, 0.15) is 0 Å². The third-order valence-corrected chi connectivity index (χ3v) is 3.32. The van der Waals surface area contributed by atoms with Gasteiger partial charge in [-0.2, -0.15) is 0 Å². The van der Waals surface area contributed by atoms with E-state index in [9.17, 15) is 4.79 Å². The summed E-state index contributed by atoms with van der Waals surface area (Å²) in [7, 11) is 0. The Morgan fingerprint density at radius 1 is 1.11 bits per heavy atom. The molecule has 104 valence electrons. The first-order chi connectivity index (χ1) is 9.13. The molecule has 0 aliphatic carbocycles. The number of unbranched alkanes of at least 4 members (excludes halogenated alkanes) is 4. The number of carboxylic acid groups (broad SMARTS) is 1. The van der Waals surface area contributed by atoms with Crippen molar-refractivity contribution in [3.8, 4) is 0 Å². The predicted molar refractivity (Wildman–Crippen MR) is 80.2 cm³/mol. The fourth-order valence-electron chi connectivity index (χ4n) is 2.14. The van der Waals surface area contributed by atoms with Crippen LogP contribution >= 0.6 is 0 Å². The summed E-state index contributed by atoms with van der Waals surface area (Å²) < 4.78 is 0. The molecule has 0 spiro atoms. The summed E-state index contributed by atoms with van der Waals surface area (Å²) in [5.41, 5.74) is 3.11. The predicted octanol–water partition coefficient (Wildman–Crippen LogP) is 4.69. The van der Waals surface area contributed by atoms with Crippen molar-refractivity contribution in [2.45, 2.75) is 52.4 Å². The molecule has 0 bridgehead atoms. The van der Waals surface area contributed by atoms with Crippen LogP contribution in [0.25, 0.3) is 5.57 Å². The summed E-state index contributed by atoms with van der Waals surface area (Å²) in [6.07, 6.45) is 8.85. The standard InChI is InChI=1S/C17H24O2/c1-3-4-5-6-7-8-15-9-11-16(12-10-15)14(2)13-17(18)19/h9-13H,3-8H2,1-2H3,(H,18,19)/b14-13-. The van der Waals surface area contributed by atoms with Gasteiger partial charge in [0.05, 0.1) is 0 Å². The lowest BCUT2D eigenvalue weighted by atomic mass is 10.0. The van der Waals surface area contributed by atoms with Crippen LogP contribution in [0.4, 0.5) is 0 Å². The van der Waals surface area contributed by atoms with E-state index in [0.717, 1.165) is 17.6 Å². The highest BCUT2D eigenvalue weighted by Gasteiger charge is 1.99. The van der Waals surface area contributed by atoms with Gasteiger partial charge in [0.25, 0.3) is 0 Å². The number of hydrogen-bond acceptors (Lipinski definition) is 1. The molecule has 1 N–H and O–H groups in total. The highest BCUT2D eigenvalue weighted by molar-refractivity contribution is 5.89. The van der Waals surface area contributed by atoms with Gasteiger partial charge in [0.2, 0.25) is 0 Å². The minimum Gasteiger partial charge on any atom is -0.478 e. The van der Waals surface area contributed by atoms with Gasteiger partial charge in [0, 0.05) is 6.08 Å². The molecule has 0 saturated carbocycles. The van der Waals surface area contributed by atoms with E-state index in [4.69, 9.17) is 5.11 Å². The van der Waals surface area contributed by atoms with E-state index in [2.05, 4.69) is 19.1 Å². The number of rotatable bonds is 8. The van der Waals surface area contributed by atoms with E-state index < -0.39 is 5.97 Å². The summed E-state index contributed by atoms with van der Waals surface area (Å²) >= 11 is 0. The first-order valence-corrected chi connectivity index (χ1v) is 7.14. The lowest BCUT2D eigenvalue weighted by Crippen LogP contribution is -1.91. The smallest absolute Gasteiger partial charge is 0.328 e. The normalized spacial score (nSPS) is 11.6. The molecule has 0 radical (unpaired) electrons. The summed E-state index contributed by atoms with van der Waals surface area (Å²) in [6, 6.07) is 8.23. The molecule has 2 heteroatoms. The van der Waals surface area contributed by atoms with E-state index in [1.165, 1.54) is 43.7 Å². The van der Waals surface area contributed by atoms with Crippen LogP contribution < -0.4 is 0 Å². The maximum atomic E-state index is 10.6. The van der Waals surface area contributed by atoms with Crippen molar-refractivity contribution in [2.75, 3.05) is 0 Å². The molecule has 0 aliphatic heterocycles. The number of aryl methyl sites for hydroxylation is 1. The van der Waals surface area contributed by atoms with Crippen LogP contribution in [-0.4, -0.2) is 11.1 Å². The van der Waals surface area contributed by atoms with E-state index >= 15 is 0 Å². The topological polar surface area (TPSA) is 37.3 Å². The SMILES string of the molecule is CCCCCCCc1ccc(/C(C)=C\C(=O)O)cc1. The largest absolute Gasteiger partial charge is 0.478 e. The average Bonchev–Trinajstić information content (AvgIpc) is 2.38. The molecular weight excluding hydrogens is 236 g/mol. The van der Waals surface area contributed by atoms with Crippen LogP contribution in [0.2, 0.25) is 0 Å². The Bertz CT molecular complexity index is 415. The molecule has 0 saturated heterocycles. The van der Waals surface area contributed by atoms with E-state index in [0.29, 0.717) is 0 Å². The van der Waals surface area contributed by atoms with Crippen molar-refractivity contribution in [3.05, 3.63) is 41.5 Å². The van der Waals surface area contributed by atoms with E-state index in [1.807, 2.05) is 19.1 Å². The molecule has 19 heavy (non-hydrogen) atoms. The number of benzene rings is 1. The van der Waals surface area contributed by atoms with Gasteiger partial charge in [0.15, 0.2) is 0 Å². The summed E-state index contributed by atoms with van der Waals surface area (Å²) in [4.78, 5) is 10.6. The van der Waals surface area contributed by atoms with E-state index in [-0.39, 0.29) is 0 Å². The summed E-state index contributed by atoms with van der Waals surface area (Å²) in [5, 5.41) is 8.71. The fourth-order valence-corrected chi connectivity index (χ4v) is 2.14. The zero-order valence-electron chi connectivity index (χ0n) is 12.0. The molecule has 2 nitrogen and oxygen atoms in total. The van der Waals surface area contributed by atoms with Gasteiger partial charge in [-0.05, 0) is 36.5 Å². The van der Waals surface area contributed by atoms with Gasteiger partial charge in [-0.15, -0.1) is 0 Å². The van der Waals surface area contributed by atoms with Crippen LogP contribution in [0.3, 0.4) is 0 Å². The Balaban J connectivity index is 2.45. The second-order valence-electron chi connectivity index (χ2n) is 5.03. The number of carbonyl (C=O) groups is 1. The van der Waals surface area contributed by atoms with Crippen molar-refractivity contribution in [1.29, 1.82) is 0 Å². The molecule has 0 fully saturated rings. The third kappa shape index (κ3) is 6.23. The van der Waals surface area contributed by atoms with Crippen molar-refractivity contribution in [1.82, 2.24) is 0 Å². The Kier molecular flexibility index (Phi) is 6.94. The zero-order chi connectivity index (χ0) is 14.1. The lowest BCUT2D eigenvalue weighted by molar-refractivity contribution is -0.131. The molecule has 1 aromatic rings. The second kappa shape index (κ2) is 8.52. The number of allylic oxidation sites excluding steroid dienone is 1. The van der Waals surface area contributed by atoms with Gasteiger partial charge in [-0.25, -0.2) is 4.79 Å².